The van der Waals surface area contributed by atoms with Gasteiger partial charge in [-0.05, 0) is 6.42 Å². The number of ether oxygens (including phenoxy) is 1. The third kappa shape index (κ3) is 4.85. The van der Waals surface area contributed by atoms with Crippen LogP contribution in [0.2, 0.25) is 0 Å². The summed E-state index contributed by atoms with van der Waals surface area (Å²) in [6, 6.07) is 1.83. The summed E-state index contributed by atoms with van der Waals surface area (Å²) < 4.78 is 5.59. The van der Waals surface area contributed by atoms with Gasteiger partial charge in [0.1, 0.15) is 11.6 Å². The molecule has 0 radical (unpaired) electrons. The molecule has 1 aromatic heterocycles. The quantitative estimate of drug-likeness (QED) is 0.556. The van der Waals surface area contributed by atoms with Crippen molar-refractivity contribution >= 4 is 5.82 Å². The molecule has 94 valence electrons. The van der Waals surface area contributed by atoms with Gasteiger partial charge in [0.05, 0.1) is 6.61 Å². The molecule has 0 fully saturated rings. The number of aryl methyl sites for hydroxylation is 1. The highest BCUT2D eigenvalue weighted by Crippen LogP contribution is 2.14. The molecule has 0 aliphatic rings. The monoisotopic (exact) mass is 235 g/mol. The van der Waals surface area contributed by atoms with Gasteiger partial charge in [0.2, 0.25) is 5.88 Å². The van der Waals surface area contributed by atoms with Crippen LogP contribution in [0.1, 0.15) is 32.5 Å². The lowest BCUT2D eigenvalue weighted by molar-refractivity contribution is 0.296. The summed E-state index contributed by atoms with van der Waals surface area (Å²) in [6.07, 6.45) is 4.76. The molecular weight excluding hydrogens is 214 g/mol. The maximum atomic E-state index is 5.59. The van der Waals surface area contributed by atoms with E-state index >= 15 is 0 Å². The van der Waals surface area contributed by atoms with Gasteiger partial charge in [0.15, 0.2) is 0 Å². The summed E-state index contributed by atoms with van der Waals surface area (Å²) in [6.45, 7) is 9.23. The molecule has 0 saturated heterocycles. The second-order valence-corrected chi connectivity index (χ2v) is 3.73. The number of nitrogens with one attached hydrogen (secondary N) is 1. The molecule has 0 aliphatic carbocycles. The van der Waals surface area contributed by atoms with E-state index in [1.165, 1.54) is 0 Å². The Morgan fingerprint density at radius 1 is 1.41 bits per heavy atom. The fourth-order valence-electron chi connectivity index (χ4n) is 1.29. The zero-order chi connectivity index (χ0) is 12.5. The minimum Gasteiger partial charge on any atom is -0.478 e. The van der Waals surface area contributed by atoms with Crippen LogP contribution in [-0.2, 0) is 6.42 Å². The lowest BCUT2D eigenvalue weighted by Crippen LogP contribution is -2.06. The van der Waals surface area contributed by atoms with Crippen molar-refractivity contribution in [2.45, 2.75) is 33.1 Å². The van der Waals surface area contributed by atoms with E-state index in [0.717, 1.165) is 30.9 Å². The Kier molecular flexibility index (Phi) is 6.07. The zero-order valence-corrected chi connectivity index (χ0v) is 10.7. The van der Waals surface area contributed by atoms with Gasteiger partial charge in [-0.15, -0.1) is 6.58 Å². The number of nitrogens with zero attached hydrogens (tertiary/aromatic N) is 2. The molecule has 1 rings (SSSR count). The van der Waals surface area contributed by atoms with Crippen molar-refractivity contribution in [3.8, 4) is 5.88 Å². The zero-order valence-electron chi connectivity index (χ0n) is 10.7. The highest BCUT2D eigenvalue weighted by molar-refractivity contribution is 5.39. The Hall–Kier alpha value is -1.58. The topological polar surface area (TPSA) is 47.0 Å². The fourth-order valence-corrected chi connectivity index (χ4v) is 1.29. The van der Waals surface area contributed by atoms with E-state index < -0.39 is 0 Å². The van der Waals surface area contributed by atoms with Crippen LogP contribution in [0.4, 0.5) is 5.82 Å². The predicted molar refractivity (Wildman–Crippen MR) is 70.5 cm³/mol. The molecule has 0 bridgehead atoms. The molecule has 0 aliphatic heterocycles. The SMILES string of the molecule is C=CCNc1cc(OCCCC)nc(CC)n1. The Balaban J connectivity index is 2.70. The molecule has 0 amide bonds. The molecule has 1 N–H and O–H groups in total. The van der Waals surface area contributed by atoms with Gasteiger partial charge in [-0.3, -0.25) is 0 Å². The van der Waals surface area contributed by atoms with Gasteiger partial charge in [0.25, 0.3) is 0 Å². The molecule has 0 saturated carbocycles. The third-order valence-corrected chi connectivity index (χ3v) is 2.24. The minimum absolute atomic E-state index is 0.650. The van der Waals surface area contributed by atoms with E-state index in [9.17, 15) is 0 Å². The normalized spacial score (nSPS) is 10.0. The Morgan fingerprint density at radius 2 is 2.24 bits per heavy atom. The lowest BCUT2D eigenvalue weighted by atomic mass is 10.4. The molecule has 0 aromatic carbocycles. The van der Waals surface area contributed by atoms with E-state index in [-0.39, 0.29) is 0 Å². The molecular formula is C13H21N3O. The van der Waals surface area contributed by atoms with Crippen LogP contribution in [-0.4, -0.2) is 23.1 Å². The largest absolute Gasteiger partial charge is 0.478 e. The maximum Gasteiger partial charge on any atom is 0.218 e. The smallest absolute Gasteiger partial charge is 0.218 e. The number of rotatable bonds is 8. The van der Waals surface area contributed by atoms with E-state index in [1.54, 1.807) is 6.08 Å². The van der Waals surface area contributed by atoms with Gasteiger partial charge in [0, 0.05) is 19.0 Å². The number of aromatic nitrogens is 2. The molecule has 0 spiro atoms. The molecule has 0 atom stereocenters. The first-order valence-corrected chi connectivity index (χ1v) is 6.15. The van der Waals surface area contributed by atoms with Crippen molar-refractivity contribution in [1.29, 1.82) is 0 Å². The standard InChI is InChI=1S/C13H21N3O/c1-4-7-9-17-13-10-12(14-8-5-2)15-11(6-3)16-13/h5,10H,2,4,6-9H2,1,3H3,(H,14,15,16). The summed E-state index contributed by atoms with van der Waals surface area (Å²) >= 11 is 0. The van der Waals surface area contributed by atoms with Gasteiger partial charge < -0.3 is 10.1 Å². The van der Waals surface area contributed by atoms with E-state index in [4.69, 9.17) is 4.74 Å². The second kappa shape index (κ2) is 7.65. The van der Waals surface area contributed by atoms with Crippen molar-refractivity contribution in [1.82, 2.24) is 9.97 Å². The van der Waals surface area contributed by atoms with Crippen molar-refractivity contribution in [3.05, 3.63) is 24.5 Å². The predicted octanol–water partition coefficient (Wildman–Crippen LogP) is 2.82. The highest BCUT2D eigenvalue weighted by atomic mass is 16.5. The maximum absolute atomic E-state index is 5.59. The molecule has 17 heavy (non-hydrogen) atoms. The van der Waals surface area contributed by atoms with Crippen LogP contribution in [0.3, 0.4) is 0 Å². The first kappa shape index (κ1) is 13.5. The van der Waals surface area contributed by atoms with Crippen molar-refractivity contribution in [2.75, 3.05) is 18.5 Å². The van der Waals surface area contributed by atoms with Crippen molar-refractivity contribution < 1.29 is 4.74 Å². The second-order valence-electron chi connectivity index (χ2n) is 3.73. The van der Waals surface area contributed by atoms with Crippen LogP contribution in [0, 0.1) is 0 Å². The van der Waals surface area contributed by atoms with Gasteiger partial charge in [-0.1, -0.05) is 26.3 Å². The van der Waals surface area contributed by atoms with E-state index in [2.05, 4.69) is 28.8 Å². The summed E-state index contributed by atoms with van der Waals surface area (Å²) in [7, 11) is 0. The molecule has 4 nitrogen and oxygen atoms in total. The fraction of sp³-hybridized carbons (Fsp3) is 0.538. The third-order valence-electron chi connectivity index (χ3n) is 2.24. The molecule has 0 unspecified atom stereocenters. The first-order valence-electron chi connectivity index (χ1n) is 6.15. The van der Waals surface area contributed by atoms with Crippen LogP contribution < -0.4 is 10.1 Å². The first-order chi connectivity index (χ1) is 8.30. The Labute approximate surface area is 103 Å². The van der Waals surface area contributed by atoms with E-state index in [1.807, 2.05) is 13.0 Å². The molecule has 1 aromatic rings. The number of hydrogen-bond donors (Lipinski definition) is 1. The summed E-state index contributed by atoms with van der Waals surface area (Å²) in [5.74, 6) is 2.24. The number of unbranched alkanes of at least 4 members (excludes halogenated alkanes) is 1. The van der Waals surface area contributed by atoms with Gasteiger partial charge in [-0.25, -0.2) is 4.98 Å². The lowest BCUT2D eigenvalue weighted by Gasteiger charge is -2.09. The summed E-state index contributed by atoms with van der Waals surface area (Å²) in [5, 5.41) is 3.15. The van der Waals surface area contributed by atoms with Gasteiger partial charge in [-0.2, -0.15) is 4.98 Å². The van der Waals surface area contributed by atoms with Crippen LogP contribution in [0.25, 0.3) is 0 Å². The van der Waals surface area contributed by atoms with Crippen molar-refractivity contribution in [2.24, 2.45) is 0 Å². The molecule has 4 heteroatoms. The highest BCUT2D eigenvalue weighted by Gasteiger charge is 2.03. The molecule has 1 heterocycles. The van der Waals surface area contributed by atoms with E-state index in [0.29, 0.717) is 19.0 Å². The Morgan fingerprint density at radius 3 is 2.88 bits per heavy atom. The average Bonchev–Trinajstić information content (AvgIpc) is 2.36. The average molecular weight is 235 g/mol. The number of hydrogen-bond acceptors (Lipinski definition) is 4. The minimum atomic E-state index is 0.650. The van der Waals surface area contributed by atoms with Gasteiger partial charge >= 0.3 is 0 Å². The van der Waals surface area contributed by atoms with Crippen LogP contribution >= 0.6 is 0 Å². The van der Waals surface area contributed by atoms with Crippen LogP contribution in [0.5, 0.6) is 5.88 Å². The van der Waals surface area contributed by atoms with Crippen molar-refractivity contribution in [3.63, 3.8) is 0 Å². The number of anilines is 1. The Bertz CT molecular complexity index is 353. The van der Waals surface area contributed by atoms with Crippen LogP contribution in [0.15, 0.2) is 18.7 Å². The summed E-state index contributed by atoms with van der Waals surface area (Å²) in [4.78, 5) is 8.70. The summed E-state index contributed by atoms with van der Waals surface area (Å²) in [5.41, 5.74) is 0.